The van der Waals surface area contributed by atoms with E-state index in [0.29, 0.717) is 32.7 Å². The van der Waals surface area contributed by atoms with Crippen LogP contribution in [-0.4, -0.2) is 67.7 Å². The Morgan fingerprint density at radius 1 is 1.19 bits per heavy atom. The zero-order valence-electron chi connectivity index (χ0n) is 15.3. The second-order valence-corrected chi connectivity index (χ2v) is 6.72. The van der Waals surface area contributed by atoms with Crippen molar-refractivity contribution in [1.29, 1.82) is 0 Å². The number of carbonyl (C=O) groups excluding carboxylic acids is 2. The predicted octanol–water partition coefficient (Wildman–Crippen LogP) is 1.62. The lowest BCUT2D eigenvalue weighted by molar-refractivity contribution is -0.132. The van der Waals surface area contributed by atoms with E-state index in [1.54, 1.807) is 12.0 Å². The number of likely N-dealkylation sites (tertiary alicyclic amines) is 1. The number of nitrogens with one attached hydrogen (secondary N) is 1. The molecule has 7 nitrogen and oxygen atoms in total. The van der Waals surface area contributed by atoms with Gasteiger partial charge in [-0.1, -0.05) is 12.1 Å². The quantitative estimate of drug-likeness (QED) is 0.865. The van der Waals surface area contributed by atoms with Crippen molar-refractivity contribution in [3.05, 3.63) is 29.8 Å². The minimum Gasteiger partial charge on any atom is -0.497 e. The van der Waals surface area contributed by atoms with Gasteiger partial charge in [0.05, 0.1) is 26.4 Å². The van der Waals surface area contributed by atoms with Crippen LogP contribution in [0.4, 0.5) is 4.79 Å². The van der Waals surface area contributed by atoms with E-state index in [9.17, 15) is 9.59 Å². The van der Waals surface area contributed by atoms with Crippen molar-refractivity contribution in [1.82, 2.24) is 15.1 Å². The molecule has 1 aromatic rings. The highest BCUT2D eigenvalue weighted by Gasteiger charge is 2.31. The number of nitrogens with zero attached hydrogens (tertiary/aromatic N) is 2. The van der Waals surface area contributed by atoms with Crippen LogP contribution in [0.2, 0.25) is 0 Å². The summed E-state index contributed by atoms with van der Waals surface area (Å²) in [6.45, 7) is 3.52. The lowest BCUT2D eigenvalue weighted by Crippen LogP contribution is -2.53. The van der Waals surface area contributed by atoms with Crippen LogP contribution in [0.25, 0.3) is 0 Å². The van der Waals surface area contributed by atoms with Gasteiger partial charge in [-0.25, -0.2) is 4.79 Å². The first kappa shape index (κ1) is 18.5. The summed E-state index contributed by atoms with van der Waals surface area (Å²) >= 11 is 0. The molecule has 0 aromatic heterocycles. The van der Waals surface area contributed by atoms with Crippen molar-refractivity contribution in [2.45, 2.75) is 31.8 Å². The Labute approximate surface area is 154 Å². The molecule has 26 heavy (non-hydrogen) atoms. The first-order chi connectivity index (χ1) is 12.7. The molecular weight excluding hydrogens is 334 g/mol. The fourth-order valence-corrected chi connectivity index (χ4v) is 3.41. The van der Waals surface area contributed by atoms with Crippen molar-refractivity contribution in [2.75, 3.05) is 40.0 Å². The highest BCUT2D eigenvalue weighted by molar-refractivity contribution is 5.79. The molecule has 2 fully saturated rings. The molecule has 0 saturated carbocycles. The van der Waals surface area contributed by atoms with Gasteiger partial charge in [0, 0.05) is 32.6 Å². The van der Waals surface area contributed by atoms with Crippen molar-refractivity contribution in [3.8, 4) is 5.75 Å². The van der Waals surface area contributed by atoms with E-state index in [-0.39, 0.29) is 18.0 Å². The molecule has 0 radical (unpaired) electrons. The fourth-order valence-electron chi connectivity index (χ4n) is 3.41. The van der Waals surface area contributed by atoms with E-state index in [1.165, 1.54) is 0 Å². The Morgan fingerprint density at radius 2 is 1.92 bits per heavy atom. The van der Waals surface area contributed by atoms with E-state index < -0.39 is 0 Å². The molecule has 142 valence electrons. The number of ether oxygens (including phenoxy) is 2. The second kappa shape index (κ2) is 8.89. The zero-order valence-corrected chi connectivity index (χ0v) is 15.3. The molecule has 2 saturated heterocycles. The van der Waals surface area contributed by atoms with Crippen LogP contribution < -0.4 is 10.1 Å². The molecule has 3 rings (SSSR count). The number of morpholine rings is 1. The van der Waals surface area contributed by atoms with E-state index >= 15 is 0 Å². The monoisotopic (exact) mass is 361 g/mol. The highest BCUT2D eigenvalue weighted by Crippen LogP contribution is 2.16. The summed E-state index contributed by atoms with van der Waals surface area (Å²) in [4.78, 5) is 28.7. The number of methoxy groups -OCH3 is 1. The van der Waals surface area contributed by atoms with Crippen molar-refractivity contribution in [2.24, 2.45) is 0 Å². The van der Waals surface area contributed by atoms with E-state index in [4.69, 9.17) is 9.47 Å². The molecule has 2 aliphatic heterocycles. The SMILES string of the molecule is COc1ccc(CNC(=O)N2CCOC[C@@H]2CC(=O)N2CCCC2)cc1. The lowest BCUT2D eigenvalue weighted by atomic mass is 10.1. The van der Waals surface area contributed by atoms with Gasteiger partial charge < -0.3 is 24.6 Å². The standard InChI is InChI=1S/C19H27N3O4/c1-25-17-6-4-15(5-7-17)13-20-19(24)22-10-11-26-14-16(22)12-18(23)21-8-2-3-9-21/h4-7,16H,2-3,8-14H2,1H3,(H,20,24)/t16-/m0/s1. The van der Waals surface area contributed by atoms with E-state index in [0.717, 1.165) is 37.2 Å². The highest BCUT2D eigenvalue weighted by atomic mass is 16.5. The Hall–Kier alpha value is -2.28. The lowest BCUT2D eigenvalue weighted by Gasteiger charge is -2.36. The van der Waals surface area contributed by atoms with Gasteiger partial charge in [-0.15, -0.1) is 0 Å². The van der Waals surface area contributed by atoms with Gasteiger partial charge in [-0.05, 0) is 30.5 Å². The molecular formula is C19H27N3O4. The van der Waals surface area contributed by atoms with E-state index in [2.05, 4.69) is 5.32 Å². The third kappa shape index (κ3) is 4.66. The Bertz CT molecular complexity index is 614. The Balaban J connectivity index is 1.53. The van der Waals surface area contributed by atoms with Gasteiger partial charge in [-0.2, -0.15) is 0 Å². The summed E-state index contributed by atoms with van der Waals surface area (Å²) in [7, 11) is 1.62. The Kier molecular flexibility index (Phi) is 6.33. The molecule has 2 aliphatic rings. The number of benzene rings is 1. The number of hydrogen-bond donors (Lipinski definition) is 1. The van der Waals surface area contributed by atoms with Crippen LogP contribution >= 0.6 is 0 Å². The first-order valence-electron chi connectivity index (χ1n) is 9.20. The molecule has 1 aromatic carbocycles. The van der Waals surface area contributed by atoms with Crippen LogP contribution in [0.3, 0.4) is 0 Å². The van der Waals surface area contributed by atoms with Crippen LogP contribution in [0.5, 0.6) is 5.75 Å². The molecule has 3 amide bonds. The predicted molar refractivity (Wildman–Crippen MR) is 97.0 cm³/mol. The maximum atomic E-state index is 12.6. The van der Waals surface area contributed by atoms with Gasteiger partial charge in [0.1, 0.15) is 5.75 Å². The third-order valence-corrected chi connectivity index (χ3v) is 4.96. The third-order valence-electron chi connectivity index (χ3n) is 4.96. The van der Waals surface area contributed by atoms with Gasteiger partial charge in [0.15, 0.2) is 0 Å². The molecule has 0 spiro atoms. The van der Waals surface area contributed by atoms with Crippen LogP contribution in [0.15, 0.2) is 24.3 Å². The van der Waals surface area contributed by atoms with Crippen LogP contribution in [-0.2, 0) is 16.1 Å². The summed E-state index contributed by atoms with van der Waals surface area (Å²) in [5.74, 6) is 0.902. The molecule has 1 atom stereocenters. The number of hydrogen-bond acceptors (Lipinski definition) is 4. The number of urea groups is 1. The maximum absolute atomic E-state index is 12.6. The molecule has 1 N–H and O–H groups in total. The van der Waals surface area contributed by atoms with Gasteiger partial charge in [0.25, 0.3) is 0 Å². The van der Waals surface area contributed by atoms with E-state index in [1.807, 2.05) is 29.2 Å². The average Bonchev–Trinajstić information content (AvgIpc) is 3.22. The van der Waals surface area contributed by atoms with Gasteiger partial charge in [0.2, 0.25) is 5.91 Å². The largest absolute Gasteiger partial charge is 0.497 e. The summed E-state index contributed by atoms with van der Waals surface area (Å²) in [6.07, 6.45) is 2.47. The summed E-state index contributed by atoms with van der Waals surface area (Å²) in [6, 6.07) is 7.23. The van der Waals surface area contributed by atoms with Crippen molar-refractivity contribution >= 4 is 11.9 Å². The minimum absolute atomic E-state index is 0.117. The van der Waals surface area contributed by atoms with Crippen LogP contribution in [0, 0.1) is 0 Å². The zero-order chi connectivity index (χ0) is 18.4. The molecule has 0 bridgehead atoms. The first-order valence-corrected chi connectivity index (χ1v) is 9.20. The van der Waals surface area contributed by atoms with Gasteiger partial charge >= 0.3 is 6.03 Å². The molecule has 0 aliphatic carbocycles. The van der Waals surface area contributed by atoms with Crippen molar-refractivity contribution < 1.29 is 19.1 Å². The summed E-state index contributed by atoms with van der Waals surface area (Å²) < 4.78 is 10.6. The maximum Gasteiger partial charge on any atom is 0.318 e. The number of carbonyl (C=O) groups is 2. The average molecular weight is 361 g/mol. The summed E-state index contributed by atoms with van der Waals surface area (Å²) in [5.41, 5.74) is 0.997. The molecule has 0 unspecified atom stereocenters. The smallest absolute Gasteiger partial charge is 0.318 e. The fraction of sp³-hybridized carbons (Fsp3) is 0.579. The topological polar surface area (TPSA) is 71.1 Å². The van der Waals surface area contributed by atoms with Gasteiger partial charge in [-0.3, -0.25) is 4.79 Å². The number of rotatable bonds is 5. The number of amides is 3. The van der Waals surface area contributed by atoms with Crippen molar-refractivity contribution in [3.63, 3.8) is 0 Å². The summed E-state index contributed by atoms with van der Waals surface area (Å²) in [5, 5.41) is 2.94. The Morgan fingerprint density at radius 3 is 2.62 bits per heavy atom. The molecule has 7 heteroatoms. The molecule has 2 heterocycles. The minimum atomic E-state index is -0.201. The second-order valence-electron chi connectivity index (χ2n) is 6.72. The van der Waals surface area contributed by atoms with Crippen LogP contribution in [0.1, 0.15) is 24.8 Å². The normalized spacial score (nSPS) is 20.1.